The minimum Gasteiger partial charge on any atom is -0.390 e. The van der Waals surface area contributed by atoms with Crippen molar-refractivity contribution < 1.29 is 9.84 Å². The molecule has 0 spiro atoms. The van der Waals surface area contributed by atoms with Crippen molar-refractivity contribution in [2.75, 3.05) is 45.9 Å². The van der Waals surface area contributed by atoms with E-state index in [1.165, 1.54) is 24.8 Å². The molecule has 0 aromatic heterocycles. The Hall–Kier alpha value is -0.940. The molecule has 2 saturated heterocycles. The van der Waals surface area contributed by atoms with Crippen LogP contribution in [0.5, 0.6) is 0 Å². The molecular formula is C21H34N2O2. The maximum Gasteiger partial charge on any atom is 0.0793 e. The predicted octanol–water partition coefficient (Wildman–Crippen LogP) is 2.62. The van der Waals surface area contributed by atoms with E-state index in [0.29, 0.717) is 12.5 Å². The largest absolute Gasteiger partial charge is 0.390 e. The highest BCUT2D eigenvalue weighted by Gasteiger charge is 2.25. The Labute approximate surface area is 152 Å². The fourth-order valence-electron chi connectivity index (χ4n) is 4.03. The lowest BCUT2D eigenvalue weighted by molar-refractivity contribution is 0.0610. The molecule has 0 bridgehead atoms. The lowest BCUT2D eigenvalue weighted by Crippen LogP contribution is -2.42. The van der Waals surface area contributed by atoms with Crippen LogP contribution in [-0.4, -0.2) is 66.9 Å². The molecule has 25 heavy (non-hydrogen) atoms. The van der Waals surface area contributed by atoms with E-state index in [1.54, 1.807) is 0 Å². The molecule has 2 aliphatic rings. The van der Waals surface area contributed by atoms with Crippen molar-refractivity contribution in [1.82, 2.24) is 9.80 Å². The van der Waals surface area contributed by atoms with Gasteiger partial charge < -0.3 is 19.6 Å². The van der Waals surface area contributed by atoms with Gasteiger partial charge in [-0.1, -0.05) is 37.3 Å². The van der Waals surface area contributed by atoms with Crippen molar-refractivity contribution in [3.63, 3.8) is 0 Å². The zero-order chi connectivity index (χ0) is 17.5. The van der Waals surface area contributed by atoms with E-state index in [4.69, 9.17) is 4.74 Å². The van der Waals surface area contributed by atoms with Crippen LogP contribution in [0.15, 0.2) is 30.3 Å². The molecule has 2 heterocycles. The highest BCUT2D eigenvalue weighted by atomic mass is 16.5. The van der Waals surface area contributed by atoms with Gasteiger partial charge in [0.25, 0.3) is 0 Å². The van der Waals surface area contributed by atoms with Gasteiger partial charge in [0.15, 0.2) is 0 Å². The molecule has 0 aliphatic carbocycles. The maximum absolute atomic E-state index is 10.4. The Balaban J connectivity index is 1.29. The molecule has 2 aliphatic heterocycles. The van der Waals surface area contributed by atoms with E-state index < -0.39 is 0 Å². The number of rotatable bonds is 8. The van der Waals surface area contributed by atoms with Gasteiger partial charge in [0.2, 0.25) is 0 Å². The summed E-state index contributed by atoms with van der Waals surface area (Å²) in [6, 6.07) is 10.4. The number of nitrogens with zero attached hydrogens (tertiary/aromatic N) is 2. The highest BCUT2D eigenvalue weighted by Crippen LogP contribution is 2.19. The van der Waals surface area contributed by atoms with Crippen LogP contribution in [0.4, 0.5) is 0 Å². The molecule has 2 atom stereocenters. The Morgan fingerprint density at radius 2 is 1.72 bits per heavy atom. The number of piperidine rings is 1. The van der Waals surface area contributed by atoms with Crippen LogP contribution in [0.1, 0.15) is 31.7 Å². The van der Waals surface area contributed by atoms with E-state index in [9.17, 15) is 5.11 Å². The maximum atomic E-state index is 10.4. The van der Waals surface area contributed by atoms with E-state index in [1.807, 2.05) is 6.07 Å². The second-order valence-electron chi connectivity index (χ2n) is 8.05. The third kappa shape index (κ3) is 6.37. The smallest absolute Gasteiger partial charge is 0.0793 e. The molecule has 4 heteroatoms. The van der Waals surface area contributed by atoms with E-state index >= 15 is 0 Å². The van der Waals surface area contributed by atoms with Gasteiger partial charge in [-0.3, -0.25) is 0 Å². The second-order valence-corrected chi connectivity index (χ2v) is 8.05. The molecule has 0 saturated carbocycles. The molecule has 3 rings (SSSR count). The molecule has 0 radical (unpaired) electrons. The molecule has 4 nitrogen and oxygen atoms in total. The summed E-state index contributed by atoms with van der Waals surface area (Å²) in [7, 11) is 0. The standard InChI is InChI=1S/C21H34N2O2/c1-18-7-10-22(11-8-18)14-21(24)15-23-12-9-20(13-23)17-25-16-19-5-3-2-4-6-19/h2-6,18,20-21,24H,7-17H2,1H3. The number of ether oxygens (including phenoxy) is 1. The minimum atomic E-state index is -0.225. The van der Waals surface area contributed by atoms with E-state index in [-0.39, 0.29) is 6.10 Å². The SMILES string of the molecule is CC1CCN(CC(O)CN2CCC(COCc3ccccc3)C2)CC1. The minimum absolute atomic E-state index is 0.225. The predicted molar refractivity (Wildman–Crippen MR) is 101 cm³/mol. The fraction of sp³-hybridized carbons (Fsp3) is 0.714. The number of likely N-dealkylation sites (tertiary alicyclic amines) is 2. The first kappa shape index (κ1) is 18.8. The zero-order valence-electron chi connectivity index (χ0n) is 15.6. The van der Waals surface area contributed by atoms with Gasteiger partial charge in [-0.05, 0) is 56.3 Å². The zero-order valence-corrected chi connectivity index (χ0v) is 15.6. The summed E-state index contributed by atoms with van der Waals surface area (Å²) in [5.74, 6) is 1.45. The fourth-order valence-corrected chi connectivity index (χ4v) is 4.03. The molecule has 2 unspecified atom stereocenters. The molecule has 1 N–H and O–H groups in total. The molecular weight excluding hydrogens is 312 g/mol. The lowest BCUT2D eigenvalue weighted by Gasteiger charge is -2.32. The van der Waals surface area contributed by atoms with Gasteiger partial charge in [-0.2, -0.15) is 0 Å². The number of hydrogen-bond acceptors (Lipinski definition) is 4. The average molecular weight is 347 g/mol. The highest BCUT2D eigenvalue weighted by molar-refractivity contribution is 5.13. The van der Waals surface area contributed by atoms with Crippen LogP contribution in [0.2, 0.25) is 0 Å². The topological polar surface area (TPSA) is 35.9 Å². The molecule has 2 fully saturated rings. The first-order chi connectivity index (χ1) is 12.2. The van der Waals surface area contributed by atoms with Gasteiger partial charge >= 0.3 is 0 Å². The van der Waals surface area contributed by atoms with E-state index in [0.717, 1.165) is 51.8 Å². The average Bonchev–Trinajstić information content (AvgIpc) is 3.05. The van der Waals surface area contributed by atoms with E-state index in [2.05, 4.69) is 41.0 Å². The van der Waals surface area contributed by atoms with Crippen molar-refractivity contribution in [1.29, 1.82) is 0 Å². The van der Waals surface area contributed by atoms with Gasteiger partial charge in [0.1, 0.15) is 0 Å². The summed E-state index contributed by atoms with van der Waals surface area (Å²) in [6.45, 7) is 9.94. The van der Waals surface area contributed by atoms with Crippen molar-refractivity contribution in [2.45, 2.75) is 38.9 Å². The molecule has 1 aromatic rings. The summed E-state index contributed by atoms with van der Waals surface area (Å²) >= 11 is 0. The summed E-state index contributed by atoms with van der Waals surface area (Å²) in [5.41, 5.74) is 1.24. The Kier molecular flexibility index (Phi) is 7.29. The van der Waals surface area contributed by atoms with Crippen molar-refractivity contribution in [2.24, 2.45) is 11.8 Å². The number of aliphatic hydroxyl groups excluding tert-OH is 1. The van der Waals surface area contributed by atoms with Gasteiger partial charge in [-0.15, -0.1) is 0 Å². The summed E-state index contributed by atoms with van der Waals surface area (Å²) < 4.78 is 5.89. The second kappa shape index (κ2) is 9.67. The van der Waals surface area contributed by atoms with Gasteiger partial charge in [-0.25, -0.2) is 0 Å². The lowest BCUT2D eigenvalue weighted by atomic mass is 9.99. The van der Waals surface area contributed by atoms with Crippen LogP contribution in [0.25, 0.3) is 0 Å². The summed E-state index contributed by atoms with van der Waals surface area (Å²) in [5, 5.41) is 10.4. The Bertz CT molecular complexity index is 488. The summed E-state index contributed by atoms with van der Waals surface area (Å²) in [6.07, 6.45) is 3.51. The van der Waals surface area contributed by atoms with Gasteiger partial charge in [0, 0.05) is 19.6 Å². The molecule has 1 aromatic carbocycles. The quantitative estimate of drug-likeness (QED) is 0.785. The number of aliphatic hydroxyl groups is 1. The number of hydrogen-bond donors (Lipinski definition) is 1. The van der Waals surface area contributed by atoms with Crippen LogP contribution in [-0.2, 0) is 11.3 Å². The third-order valence-corrected chi connectivity index (χ3v) is 5.65. The van der Waals surface area contributed by atoms with Crippen LogP contribution in [0, 0.1) is 11.8 Å². The Morgan fingerprint density at radius 1 is 1.04 bits per heavy atom. The third-order valence-electron chi connectivity index (χ3n) is 5.65. The first-order valence-corrected chi connectivity index (χ1v) is 9.93. The van der Waals surface area contributed by atoms with Crippen molar-refractivity contribution in [3.05, 3.63) is 35.9 Å². The van der Waals surface area contributed by atoms with Crippen LogP contribution >= 0.6 is 0 Å². The summed E-state index contributed by atoms with van der Waals surface area (Å²) in [4.78, 5) is 4.84. The molecule has 140 valence electrons. The molecule has 0 amide bonds. The van der Waals surface area contributed by atoms with Crippen molar-refractivity contribution >= 4 is 0 Å². The number of benzene rings is 1. The first-order valence-electron chi connectivity index (χ1n) is 9.93. The van der Waals surface area contributed by atoms with Crippen molar-refractivity contribution in [3.8, 4) is 0 Å². The van der Waals surface area contributed by atoms with Crippen LogP contribution < -0.4 is 0 Å². The number of β-amino-alcohol motifs (C(OH)–C–C–N with tert-alkyl or cyclic N) is 1. The van der Waals surface area contributed by atoms with Crippen LogP contribution in [0.3, 0.4) is 0 Å². The monoisotopic (exact) mass is 346 g/mol. The van der Waals surface area contributed by atoms with Gasteiger partial charge in [0.05, 0.1) is 19.3 Å². The Morgan fingerprint density at radius 3 is 2.48 bits per heavy atom. The normalized spacial score (nSPS) is 24.6.